The third-order valence-corrected chi connectivity index (χ3v) is 3.23. The van der Waals surface area contributed by atoms with Gasteiger partial charge in [0.25, 0.3) is 0 Å². The van der Waals surface area contributed by atoms with Crippen LogP contribution in [0.5, 0.6) is 0 Å². The van der Waals surface area contributed by atoms with Crippen LogP contribution < -0.4 is 4.90 Å². The molecular formula is C15H13F3N4O2. The fourth-order valence-corrected chi connectivity index (χ4v) is 2.25. The van der Waals surface area contributed by atoms with Gasteiger partial charge in [-0.1, -0.05) is 0 Å². The van der Waals surface area contributed by atoms with E-state index in [1.54, 1.807) is 0 Å². The van der Waals surface area contributed by atoms with E-state index < -0.39 is 29.4 Å². The first kappa shape index (κ1) is 17.5. The van der Waals surface area contributed by atoms with Crippen molar-refractivity contribution in [3.8, 4) is 0 Å². The number of nitrogens with zero attached hydrogens (tertiary/aromatic N) is 4. The number of alkyl halides is 3. The molecule has 0 radical (unpaired) electrons. The van der Waals surface area contributed by atoms with Crippen molar-refractivity contribution in [2.45, 2.75) is 19.0 Å². The molecule has 2 rings (SSSR count). The number of allylic oxidation sites excluding steroid dienone is 1. The van der Waals surface area contributed by atoms with Crippen LogP contribution in [0.25, 0.3) is 5.57 Å². The zero-order valence-corrected chi connectivity index (χ0v) is 12.7. The van der Waals surface area contributed by atoms with Crippen molar-refractivity contribution in [1.82, 2.24) is 4.98 Å². The molecule has 6 nitrogen and oxygen atoms in total. The van der Waals surface area contributed by atoms with Crippen molar-refractivity contribution >= 4 is 36.0 Å². The van der Waals surface area contributed by atoms with E-state index in [4.69, 9.17) is 0 Å². The Morgan fingerprint density at radius 2 is 1.92 bits per heavy atom. The van der Waals surface area contributed by atoms with Gasteiger partial charge < -0.3 is 0 Å². The number of imide groups is 1. The number of pyridine rings is 1. The van der Waals surface area contributed by atoms with Gasteiger partial charge in [0.2, 0.25) is 11.8 Å². The maximum absolute atomic E-state index is 13.4. The molecule has 0 saturated carbocycles. The van der Waals surface area contributed by atoms with Crippen molar-refractivity contribution in [1.29, 1.82) is 0 Å². The Hall–Kier alpha value is -2.84. The van der Waals surface area contributed by atoms with Gasteiger partial charge in [-0.05, 0) is 18.9 Å². The lowest BCUT2D eigenvalue weighted by molar-refractivity contribution is -0.140. The molecule has 126 valence electrons. The molecule has 1 aliphatic heterocycles. The van der Waals surface area contributed by atoms with Crippen molar-refractivity contribution in [3.63, 3.8) is 0 Å². The van der Waals surface area contributed by atoms with Crippen molar-refractivity contribution < 1.29 is 22.8 Å². The fourth-order valence-electron chi connectivity index (χ4n) is 2.25. The third kappa shape index (κ3) is 3.39. The summed E-state index contributed by atoms with van der Waals surface area (Å²) in [6.45, 7) is 3.24. The number of carbonyl (C=O) groups is 2. The molecule has 0 aliphatic carbocycles. The highest BCUT2D eigenvalue weighted by atomic mass is 19.4. The highest BCUT2D eigenvalue weighted by molar-refractivity contribution is 6.20. The summed E-state index contributed by atoms with van der Waals surface area (Å²) >= 11 is 0. The van der Waals surface area contributed by atoms with Crippen LogP contribution in [0, 0.1) is 0 Å². The average Bonchev–Trinajstić information content (AvgIpc) is 2.84. The number of carbonyl (C=O) groups excluding carboxylic acids is 2. The molecular weight excluding hydrogens is 325 g/mol. The molecule has 9 heteroatoms. The van der Waals surface area contributed by atoms with Crippen molar-refractivity contribution in [2.75, 3.05) is 11.9 Å². The zero-order valence-electron chi connectivity index (χ0n) is 12.7. The second kappa shape index (κ2) is 6.73. The number of amides is 2. The monoisotopic (exact) mass is 338 g/mol. The minimum absolute atomic E-state index is 0.0526. The van der Waals surface area contributed by atoms with Crippen molar-refractivity contribution in [3.05, 3.63) is 29.7 Å². The second-order valence-electron chi connectivity index (χ2n) is 4.84. The van der Waals surface area contributed by atoms with Gasteiger partial charge in [0.15, 0.2) is 5.69 Å². The Bertz CT molecular complexity index is 738. The Morgan fingerprint density at radius 3 is 2.42 bits per heavy atom. The molecule has 0 atom stereocenters. The van der Waals surface area contributed by atoms with E-state index in [0.717, 1.165) is 6.07 Å². The minimum Gasteiger partial charge on any atom is -0.296 e. The topological polar surface area (TPSA) is 75.0 Å². The molecule has 24 heavy (non-hydrogen) atoms. The van der Waals surface area contributed by atoms with Gasteiger partial charge >= 0.3 is 6.18 Å². The average molecular weight is 338 g/mol. The van der Waals surface area contributed by atoms with Gasteiger partial charge in [0.1, 0.15) is 0 Å². The molecule has 0 bridgehead atoms. The van der Waals surface area contributed by atoms with Crippen LogP contribution in [0.15, 0.2) is 28.3 Å². The molecule has 1 aliphatic rings. The number of aliphatic imine (C=N–C) groups is 2. The Balaban J connectivity index is 2.63. The highest BCUT2D eigenvalue weighted by Crippen LogP contribution is 2.37. The molecule has 0 unspecified atom stereocenters. The smallest absolute Gasteiger partial charge is 0.296 e. The lowest BCUT2D eigenvalue weighted by atomic mass is 10.1. The van der Waals surface area contributed by atoms with Crippen LogP contribution in [0.2, 0.25) is 0 Å². The van der Waals surface area contributed by atoms with Crippen LogP contribution in [0.4, 0.5) is 18.9 Å². The molecule has 0 aromatic carbocycles. The number of aromatic nitrogens is 1. The van der Waals surface area contributed by atoms with Gasteiger partial charge in [-0.3, -0.25) is 19.6 Å². The highest BCUT2D eigenvalue weighted by Gasteiger charge is 2.41. The van der Waals surface area contributed by atoms with Gasteiger partial charge in [-0.15, -0.1) is 0 Å². The lowest BCUT2D eigenvalue weighted by Gasteiger charge is -2.19. The molecule has 1 aromatic rings. The summed E-state index contributed by atoms with van der Waals surface area (Å²) in [4.78, 5) is 34.8. The zero-order chi connectivity index (χ0) is 17.9. The first-order valence-corrected chi connectivity index (χ1v) is 6.82. The van der Waals surface area contributed by atoms with E-state index >= 15 is 0 Å². The summed E-state index contributed by atoms with van der Waals surface area (Å²) in [7, 11) is 1.44. The Morgan fingerprint density at radius 1 is 1.29 bits per heavy atom. The van der Waals surface area contributed by atoms with E-state index in [-0.39, 0.29) is 24.1 Å². The Kier molecular flexibility index (Phi) is 4.91. The quantitative estimate of drug-likeness (QED) is 0.625. The minimum atomic E-state index is -4.84. The Labute approximate surface area is 135 Å². The number of rotatable bonds is 4. The predicted octanol–water partition coefficient (Wildman–Crippen LogP) is 2.50. The molecule has 1 saturated heterocycles. The second-order valence-corrected chi connectivity index (χ2v) is 4.84. The summed E-state index contributed by atoms with van der Waals surface area (Å²) in [6.07, 6.45) is -2.59. The summed E-state index contributed by atoms with van der Waals surface area (Å²) < 4.78 is 40.1. The molecule has 1 fully saturated rings. The van der Waals surface area contributed by atoms with Crippen LogP contribution in [-0.2, 0) is 15.8 Å². The summed E-state index contributed by atoms with van der Waals surface area (Å²) in [5.74, 6) is -1.36. The van der Waals surface area contributed by atoms with Crippen LogP contribution in [-0.4, -0.2) is 36.8 Å². The van der Waals surface area contributed by atoms with Gasteiger partial charge in [0.05, 0.1) is 11.4 Å². The molecule has 0 N–H and O–H groups in total. The SMILES string of the molecule is C=N/C=C(\C=N/C)c1ccc(N2C(=O)CCC2=O)c(C(F)(F)F)n1. The number of anilines is 1. The van der Waals surface area contributed by atoms with E-state index in [0.29, 0.717) is 4.90 Å². The molecule has 0 spiro atoms. The summed E-state index contributed by atoms with van der Waals surface area (Å²) in [6, 6.07) is 2.31. The molecule has 2 heterocycles. The fraction of sp³-hybridized carbons (Fsp3) is 0.267. The third-order valence-electron chi connectivity index (χ3n) is 3.23. The largest absolute Gasteiger partial charge is 0.435 e. The number of halogens is 3. The van der Waals surface area contributed by atoms with Crippen LogP contribution in [0.3, 0.4) is 0 Å². The van der Waals surface area contributed by atoms with Gasteiger partial charge in [-0.2, -0.15) is 13.2 Å². The first-order valence-electron chi connectivity index (χ1n) is 6.82. The van der Waals surface area contributed by atoms with E-state index in [1.807, 2.05) is 0 Å². The van der Waals surface area contributed by atoms with Crippen LogP contribution in [0.1, 0.15) is 24.2 Å². The standard InChI is InChI=1S/C15H13F3N4O2/c1-19-7-9(8-20-2)10-3-4-11(14(21-10)15(16,17)18)22-12(23)5-6-13(22)24/h3-4,7-8H,1,5-6H2,2H3/b9-7+,20-8-. The maximum Gasteiger partial charge on any atom is 0.435 e. The van der Waals surface area contributed by atoms with Crippen LogP contribution >= 0.6 is 0 Å². The normalized spacial score (nSPS) is 16.3. The first-order chi connectivity index (χ1) is 11.3. The molecule has 2 amide bonds. The van der Waals surface area contributed by atoms with Gasteiger partial charge in [0, 0.05) is 37.9 Å². The predicted molar refractivity (Wildman–Crippen MR) is 82.9 cm³/mol. The molecule has 1 aromatic heterocycles. The number of hydrogen-bond donors (Lipinski definition) is 0. The van der Waals surface area contributed by atoms with Crippen molar-refractivity contribution in [2.24, 2.45) is 9.98 Å². The number of hydrogen-bond acceptors (Lipinski definition) is 5. The lowest BCUT2D eigenvalue weighted by Crippen LogP contribution is -2.31. The van der Waals surface area contributed by atoms with E-state index in [2.05, 4.69) is 21.7 Å². The van der Waals surface area contributed by atoms with Gasteiger partial charge in [-0.25, -0.2) is 9.88 Å². The maximum atomic E-state index is 13.4. The summed E-state index contributed by atoms with van der Waals surface area (Å²) in [5, 5.41) is 0. The summed E-state index contributed by atoms with van der Waals surface area (Å²) in [5.41, 5.74) is -1.73. The van der Waals surface area contributed by atoms with E-state index in [1.165, 1.54) is 25.5 Å². The van der Waals surface area contributed by atoms with E-state index in [9.17, 15) is 22.8 Å².